The second-order valence-electron chi connectivity index (χ2n) is 4.63. The summed E-state index contributed by atoms with van der Waals surface area (Å²) in [6.07, 6.45) is 0. The molecule has 2 aromatic rings. The molecule has 0 aliphatic heterocycles. The lowest BCUT2D eigenvalue weighted by Gasteiger charge is -2.10. The Hall–Kier alpha value is -1.53. The number of nitrogens with two attached hydrogens (primary N) is 1. The largest absolute Gasteiger partial charge is 0.388 e. The molecule has 4 nitrogen and oxygen atoms in total. The fraction of sp³-hybridized carbons (Fsp3) is 0.214. The maximum Gasteiger partial charge on any atom is 0.228 e. The number of aromatic nitrogens is 2. The molecule has 6 heteroatoms. The summed E-state index contributed by atoms with van der Waals surface area (Å²) >= 11 is 8.51. The zero-order valence-electron chi connectivity index (χ0n) is 11.5. The third-order valence-corrected chi connectivity index (χ3v) is 4.26. The molecule has 3 N–H and O–H groups in total. The van der Waals surface area contributed by atoms with Gasteiger partial charge in [0.15, 0.2) is 0 Å². The van der Waals surface area contributed by atoms with Crippen molar-refractivity contribution in [3.63, 3.8) is 0 Å². The maximum atomic E-state index is 5.62. The Morgan fingerprint density at radius 2 is 1.75 bits per heavy atom. The van der Waals surface area contributed by atoms with Gasteiger partial charge in [0.1, 0.15) is 10.7 Å². The lowest BCUT2D eigenvalue weighted by atomic mass is 10.1. The number of halogens is 1. The van der Waals surface area contributed by atoms with Crippen molar-refractivity contribution in [2.75, 3.05) is 5.32 Å². The summed E-state index contributed by atoms with van der Waals surface area (Å²) in [5, 5.41) is 3.19. The average molecular weight is 351 g/mol. The van der Waals surface area contributed by atoms with E-state index in [1.165, 1.54) is 0 Å². The molecule has 0 saturated heterocycles. The van der Waals surface area contributed by atoms with Crippen molar-refractivity contribution in [1.82, 2.24) is 9.97 Å². The molecule has 0 aliphatic carbocycles. The van der Waals surface area contributed by atoms with Gasteiger partial charge in [0.05, 0.1) is 0 Å². The topological polar surface area (TPSA) is 63.8 Å². The lowest BCUT2D eigenvalue weighted by Crippen LogP contribution is -2.13. The lowest BCUT2D eigenvalue weighted by molar-refractivity contribution is 1.09. The van der Waals surface area contributed by atoms with Gasteiger partial charge >= 0.3 is 0 Å². The van der Waals surface area contributed by atoms with Crippen LogP contribution in [0.2, 0.25) is 0 Å². The zero-order valence-corrected chi connectivity index (χ0v) is 13.9. The highest BCUT2D eigenvalue weighted by atomic mass is 79.9. The van der Waals surface area contributed by atoms with E-state index in [1.54, 1.807) is 6.07 Å². The average Bonchev–Trinajstić information content (AvgIpc) is 2.35. The standard InChI is InChI=1S/C14H15BrN4S/c1-7-4-10(5-8(2)12(7)15)18-14-17-9(3)6-11(19-14)13(16)20/h4-6H,1-3H3,(H2,16,20)(H,17,18,19). The summed E-state index contributed by atoms with van der Waals surface area (Å²) in [4.78, 5) is 8.92. The number of aryl methyl sites for hydroxylation is 3. The maximum absolute atomic E-state index is 5.62. The quantitative estimate of drug-likeness (QED) is 0.828. The predicted molar refractivity (Wildman–Crippen MR) is 89.6 cm³/mol. The van der Waals surface area contributed by atoms with Gasteiger partial charge in [-0.05, 0) is 50.1 Å². The molecular formula is C14H15BrN4S. The summed E-state index contributed by atoms with van der Waals surface area (Å²) in [5.41, 5.74) is 10.2. The van der Waals surface area contributed by atoms with E-state index in [2.05, 4.69) is 31.2 Å². The molecule has 0 unspecified atom stereocenters. The number of anilines is 2. The minimum Gasteiger partial charge on any atom is -0.388 e. The molecule has 0 saturated carbocycles. The molecule has 1 heterocycles. The van der Waals surface area contributed by atoms with Gasteiger partial charge in [0.25, 0.3) is 0 Å². The van der Waals surface area contributed by atoms with Gasteiger partial charge in [-0.1, -0.05) is 28.1 Å². The van der Waals surface area contributed by atoms with Gasteiger partial charge in [-0.2, -0.15) is 0 Å². The molecule has 0 amide bonds. The van der Waals surface area contributed by atoms with E-state index in [0.29, 0.717) is 11.6 Å². The number of nitrogens with one attached hydrogen (secondary N) is 1. The second kappa shape index (κ2) is 5.85. The third-order valence-electron chi connectivity index (χ3n) is 2.80. The molecule has 1 aromatic carbocycles. The summed E-state index contributed by atoms with van der Waals surface area (Å²) in [6, 6.07) is 5.83. The Labute approximate surface area is 132 Å². The Kier molecular flexibility index (Phi) is 4.35. The van der Waals surface area contributed by atoms with Crippen molar-refractivity contribution >= 4 is 44.8 Å². The van der Waals surface area contributed by atoms with E-state index in [-0.39, 0.29) is 4.99 Å². The Morgan fingerprint density at radius 3 is 2.30 bits per heavy atom. The highest BCUT2D eigenvalue weighted by Gasteiger charge is 2.07. The molecular weight excluding hydrogens is 336 g/mol. The van der Waals surface area contributed by atoms with Crippen LogP contribution in [-0.4, -0.2) is 15.0 Å². The van der Waals surface area contributed by atoms with E-state index >= 15 is 0 Å². The van der Waals surface area contributed by atoms with Crippen molar-refractivity contribution in [3.05, 3.63) is 45.2 Å². The van der Waals surface area contributed by atoms with Crippen LogP contribution in [0.1, 0.15) is 22.5 Å². The van der Waals surface area contributed by atoms with Gasteiger partial charge in [-0.3, -0.25) is 0 Å². The fourth-order valence-corrected chi connectivity index (χ4v) is 2.23. The van der Waals surface area contributed by atoms with Crippen LogP contribution in [0.25, 0.3) is 0 Å². The normalized spacial score (nSPS) is 10.4. The molecule has 2 rings (SSSR count). The van der Waals surface area contributed by atoms with Crippen molar-refractivity contribution in [1.29, 1.82) is 0 Å². The highest BCUT2D eigenvalue weighted by Crippen LogP contribution is 2.26. The first-order valence-electron chi connectivity index (χ1n) is 6.06. The minimum atomic E-state index is 0.265. The van der Waals surface area contributed by atoms with E-state index in [1.807, 2.05) is 32.9 Å². The van der Waals surface area contributed by atoms with Gasteiger partial charge in [-0.15, -0.1) is 0 Å². The molecule has 0 bridgehead atoms. The molecule has 0 fully saturated rings. The number of thiocarbonyl (C=S) groups is 1. The van der Waals surface area contributed by atoms with Crippen LogP contribution in [-0.2, 0) is 0 Å². The number of hydrogen-bond donors (Lipinski definition) is 2. The van der Waals surface area contributed by atoms with Crippen molar-refractivity contribution in [2.24, 2.45) is 5.73 Å². The molecule has 0 spiro atoms. The molecule has 20 heavy (non-hydrogen) atoms. The van der Waals surface area contributed by atoms with Crippen molar-refractivity contribution in [3.8, 4) is 0 Å². The van der Waals surface area contributed by atoms with Crippen molar-refractivity contribution < 1.29 is 0 Å². The molecule has 0 radical (unpaired) electrons. The highest BCUT2D eigenvalue weighted by molar-refractivity contribution is 9.10. The number of rotatable bonds is 3. The monoisotopic (exact) mass is 350 g/mol. The Bertz CT molecular complexity index is 662. The number of benzene rings is 1. The van der Waals surface area contributed by atoms with E-state index in [9.17, 15) is 0 Å². The van der Waals surface area contributed by atoms with Gasteiger partial charge in [-0.25, -0.2) is 9.97 Å². The molecule has 0 aliphatic rings. The molecule has 1 aromatic heterocycles. The first-order chi connectivity index (χ1) is 9.36. The first-order valence-corrected chi connectivity index (χ1v) is 7.26. The van der Waals surface area contributed by atoms with Crippen LogP contribution in [0.15, 0.2) is 22.7 Å². The van der Waals surface area contributed by atoms with E-state index in [0.717, 1.165) is 27.0 Å². The zero-order chi connectivity index (χ0) is 14.9. The second-order valence-corrected chi connectivity index (χ2v) is 5.86. The predicted octanol–water partition coefficient (Wildman–Crippen LogP) is 3.54. The summed E-state index contributed by atoms with van der Waals surface area (Å²) in [5.74, 6) is 0.494. The van der Waals surface area contributed by atoms with Gasteiger partial charge in [0, 0.05) is 15.9 Å². The number of hydrogen-bond acceptors (Lipinski definition) is 4. The van der Waals surface area contributed by atoms with Crippen LogP contribution in [0.5, 0.6) is 0 Å². The molecule has 0 atom stereocenters. The SMILES string of the molecule is Cc1cc(C(N)=S)nc(Nc2cc(C)c(Br)c(C)c2)n1. The number of nitrogens with zero attached hydrogens (tertiary/aromatic N) is 2. The summed E-state index contributed by atoms with van der Waals surface area (Å²) < 4.78 is 1.11. The van der Waals surface area contributed by atoms with E-state index < -0.39 is 0 Å². The summed E-state index contributed by atoms with van der Waals surface area (Å²) in [7, 11) is 0. The third kappa shape index (κ3) is 3.32. The van der Waals surface area contributed by atoms with Crippen LogP contribution < -0.4 is 11.1 Å². The van der Waals surface area contributed by atoms with Crippen LogP contribution >= 0.6 is 28.1 Å². The minimum absolute atomic E-state index is 0.265. The Balaban J connectivity index is 2.37. The fourth-order valence-electron chi connectivity index (χ4n) is 1.90. The first kappa shape index (κ1) is 14.9. The summed E-state index contributed by atoms with van der Waals surface area (Å²) in [6.45, 7) is 5.96. The Morgan fingerprint density at radius 1 is 1.15 bits per heavy atom. The van der Waals surface area contributed by atoms with Crippen LogP contribution in [0, 0.1) is 20.8 Å². The van der Waals surface area contributed by atoms with Gasteiger partial charge in [0.2, 0.25) is 5.95 Å². The van der Waals surface area contributed by atoms with Crippen molar-refractivity contribution in [2.45, 2.75) is 20.8 Å². The van der Waals surface area contributed by atoms with Gasteiger partial charge < -0.3 is 11.1 Å². The van der Waals surface area contributed by atoms with E-state index in [4.69, 9.17) is 18.0 Å². The van der Waals surface area contributed by atoms with Crippen LogP contribution in [0.3, 0.4) is 0 Å². The molecule has 104 valence electrons. The smallest absolute Gasteiger partial charge is 0.228 e. The van der Waals surface area contributed by atoms with Crippen LogP contribution in [0.4, 0.5) is 11.6 Å².